The van der Waals surface area contributed by atoms with E-state index in [0.29, 0.717) is 6.54 Å². The van der Waals surface area contributed by atoms with Crippen LogP contribution in [-0.4, -0.2) is 29.5 Å². The highest BCUT2D eigenvalue weighted by Crippen LogP contribution is 2.31. The van der Waals surface area contributed by atoms with E-state index < -0.39 is 12.0 Å². The molecular weight excluding hydrogens is 364 g/mol. The monoisotopic (exact) mass is 386 g/mol. The molecule has 2 aliphatic rings. The summed E-state index contributed by atoms with van der Waals surface area (Å²) in [5.41, 5.74) is 2.96. The Bertz CT molecular complexity index is 991. The van der Waals surface area contributed by atoms with E-state index >= 15 is 0 Å². The third kappa shape index (κ3) is 3.85. The average Bonchev–Trinajstić information content (AvgIpc) is 3.03. The molecule has 1 saturated heterocycles. The molecule has 0 radical (unpaired) electrons. The number of carbonyl (C=O) groups excluding carboxylic acids is 2. The maximum atomic E-state index is 12.2. The number of nitrogens with zero attached hydrogens (tertiary/aromatic N) is 2. The molecule has 2 amide bonds. The van der Waals surface area contributed by atoms with Gasteiger partial charge in [-0.15, -0.1) is 0 Å². The summed E-state index contributed by atoms with van der Waals surface area (Å²) in [6, 6.07) is 18.4. The molecule has 2 aromatic carbocycles. The van der Waals surface area contributed by atoms with Crippen LogP contribution in [0.4, 0.5) is 16.2 Å². The second kappa shape index (κ2) is 8.19. The summed E-state index contributed by atoms with van der Waals surface area (Å²) in [7, 11) is 0. The van der Waals surface area contributed by atoms with Gasteiger partial charge in [-0.1, -0.05) is 54.6 Å². The molecule has 5 heteroatoms. The first-order chi connectivity index (χ1) is 14.2. The summed E-state index contributed by atoms with van der Waals surface area (Å²) < 4.78 is 5.09. The number of anilines is 2. The molecule has 0 aromatic heterocycles. The van der Waals surface area contributed by atoms with Gasteiger partial charge < -0.3 is 9.64 Å². The first-order valence-electron chi connectivity index (χ1n) is 9.70. The SMILES string of the molecule is CCN1C(=O)O/C(=C/c2ccc(N(c3ccccc3)C3C=CC=CC3)cc2)C1=O. The highest BCUT2D eigenvalue weighted by atomic mass is 16.6. The van der Waals surface area contributed by atoms with Gasteiger partial charge in [0.2, 0.25) is 0 Å². The Kier molecular flexibility index (Phi) is 5.29. The summed E-state index contributed by atoms with van der Waals surface area (Å²) in [4.78, 5) is 27.3. The molecule has 1 aliphatic heterocycles. The number of hydrogen-bond acceptors (Lipinski definition) is 4. The van der Waals surface area contributed by atoms with Crippen LogP contribution in [0.2, 0.25) is 0 Å². The molecule has 1 atom stereocenters. The van der Waals surface area contributed by atoms with Gasteiger partial charge in [0, 0.05) is 17.9 Å². The molecule has 0 bridgehead atoms. The van der Waals surface area contributed by atoms with Gasteiger partial charge in [0.1, 0.15) is 0 Å². The first-order valence-corrected chi connectivity index (χ1v) is 9.70. The Morgan fingerprint density at radius 3 is 2.38 bits per heavy atom. The van der Waals surface area contributed by atoms with Crippen molar-refractivity contribution in [3.63, 3.8) is 0 Å². The lowest BCUT2D eigenvalue weighted by atomic mass is 10.0. The molecule has 0 spiro atoms. The topological polar surface area (TPSA) is 49.9 Å². The summed E-state index contributed by atoms with van der Waals surface area (Å²) in [6.07, 6.45) is 10.4. The maximum absolute atomic E-state index is 12.2. The maximum Gasteiger partial charge on any atom is 0.422 e. The Balaban J connectivity index is 1.62. The van der Waals surface area contributed by atoms with Crippen molar-refractivity contribution >= 4 is 29.5 Å². The van der Waals surface area contributed by atoms with E-state index in [0.717, 1.165) is 28.3 Å². The summed E-state index contributed by atoms with van der Waals surface area (Å²) >= 11 is 0. The predicted molar refractivity (Wildman–Crippen MR) is 114 cm³/mol. The van der Waals surface area contributed by atoms with Crippen molar-refractivity contribution in [1.82, 2.24) is 4.90 Å². The minimum atomic E-state index is -0.618. The van der Waals surface area contributed by atoms with E-state index in [4.69, 9.17) is 4.74 Å². The van der Waals surface area contributed by atoms with Gasteiger partial charge in [0.05, 0.1) is 6.04 Å². The van der Waals surface area contributed by atoms with Gasteiger partial charge in [-0.3, -0.25) is 4.79 Å². The Morgan fingerprint density at radius 2 is 1.76 bits per heavy atom. The van der Waals surface area contributed by atoms with Crippen LogP contribution in [0.25, 0.3) is 6.08 Å². The van der Waals surface area contributed by atoms with Crippen LogP contribution in [0.15, 0.2) is 84.7 Å². The summed E-state index contributed by atoms with van der Waals surface area (Å²) in [5, 5.41) is 0. The van der Waals surface area contributed by atoms with Gasteiger partial charge in [0.15, 0.2) is 5.76 Å². The van der Waals surface area contributed by atoms with E-state index in [1.807, 2.05) is 42.5 Å². The molecule has 1 heterocycles. The number of benzene rings is 2. The number of likely N-dealkylation sites (N-methyl/N-ethyl adjacent to an activating group) is 1. The van der Waals surface area contributed by atoms with E-state index in [9.17, 15) is 9.59 Å². The molecule has 0 N–H and O–H groups in total. The molecule has 1 fully saturated rings. The van der Waals surface area contributed by atoms with Crippen LogP contribution in [0.1, 0.15) is 18.9 Å². The van der Waals surface area contributed by atoms with Crippen LogP contribution < -0.4 is 4.90 Å². The minimum absolute atomic E-state index is 0.0601. The Labute approximate surface area is 170 Å². The number of hydrogen-bond donors (Lipinski definition) is 0. The second-order valence-corrected chi connectivity index (χ2v) is 6.84. The molecular formula is C24H22N2O3. The molecule has 1 aliphatic carbocycles. The van der Waals surface area contributed by atoms with Crippen molar-refractivity contribution in [3.8, 4) is 0 Å². The normalized spacial score (nSPS) is 19.7. The van der Waals surface area contributed by atoms with E-state index in [1.54, 1.807) is 13.0 Å². The highest BCUT2D eigenvalue weighted by molar-refractivity contribution is 6.09. The van der Waals surface area contributed by atoms with E-state index in [-0.39, 0.29) is 11.8 Å². The van der Waals surface area contributed by atoms with Crippen LogP contribution in [0, 0.1) is 0 Å². The molecule has 29 heavy (non-hydrogen) atoms. The molecule has 0 saturated carbocycles. The number of amides is 2. The molecule has 1 unspecified atom stereocenters. The van der Waals surface area contributed by atoms with Crippen molar-refractivity contribution in [2.45, 2.75) is 19.4 Å². The first kappa shape index (κ1) is 18.7. The van der Waals surface area contributed by atoms with Crippen molar-refractivity contribution in [2.24, 2.45) is 0 Å². The van der Waals surface area contributed by atoms with Gasteiger partial charge in [0.25, 0.3) is 5.91 Å². The molecule has 2 aromatic rings. The number of ether oxygens (including phenoxy) is 1. The Morgan fingerprint density at radius 1 is 1.03 bits per heavy atom. The lowest BCUT2D eigenvalue weighted by Gasteiger charge is -2.32. The van der Waals surface area contributed by atoms with Gasteiger partial charge >= 0.3 is 6.09 Å². The van der Waals surface area contributed by atoms with Crippen LogP contribution in [0.5, 0.6) is 0 Å². The largest absolute Gasteiger partial charge is 0.422 e. The van der Waals surface area contributed by atoms with Crippen molar-refractivity contribution in [3.05, 3.63) is 90.2 Å². The van der Waals surface area contributed by atoms with Crippen molar-refractivity contribution in [2.75, 3.05) is 11.4 Å². The second-order valence-electron chi connectivity index (χ2n) is 6.84. The third-order valence-corrected chi connectivity index (χ3v) is 4.98. The van der Waals surface area contributed by atoms with Crippen molar-refractivity contribution in [1.29, 1.82) is 0 Å². The van der Waals surface area contributed by atoms with Crippen molar-refractivity contribution < 1.29 is 14.3 Å². The fourth-order valence-corrected chi connectivity index (χ4v) is 3.53. The Hall–Kier alpha value is -3.60. The number of carbonyl (C=O) groups is 2. The molecule has 146 valence electrons. The van der Waals surface area contributed by atoms with Crippen LogP contribution >= 0.6 is 0 Å². The zero-order valence-electron chi connectivity index (χ0n) is 16.2. The lowest BCUT2D eigenvalue weighted by Crippen LogP contribution is -2.29. The number of para-hydroxylation sites is 1. The fourth-order valence-electron chi connectivity index (χ4n) is 3.53. The summed E-state index contributed by atoms with van der Waals surface area (Å²) in [5.74, 6) is -0.337. The number of imide groups is 1. The van der Waals surface area contributed by atoms with Gasteiger partial charge in [-0.05, 0) is 49.2 Å². The standard InChI is InChI=1S/C24H22N2O3/c1-2-25-23(27)22(29-24(25)28)17-18-13-15-21(16-14-18)26(19-9-5-3-6-10-19)20-11-7-4-8-12-20/h3-11,13-17,20H,2,12H2,1H3/b22-17+. The smallest absolute Gasteiger partial charge is 0.404 e. The zero-order valence-corrected chi connectivity index (χ0v) is 16.2. The summed E-state index contributed by atoms with van der Waals surface area (Å²) in [6.45, 7) is 2.04. The lowest BCUT2D eigenvalue weighted by molar-refractivity contribution is -0.123. The zero-order chi connectivity index (χ0) is 20.2. The fraction of sp³-hybridized carbons (Fsp3) is 0.167. The predicted octanol–water partition coefficient (Wildman–Crippen LogP) is 5.05. The average molecular weight is 386 g/mol. The minimum Gasteiger partial charge on any atom is -0.404 e. The molecule has 5 nitrogen and oxygen atoms in total. The van der Waals surface area contributed by atoms with Gasteiger partial charge in [-0.25, -0.2) is 9.69 Å². The number of rotatable bonds is 5. The third-order valence-electron chi connectivity index (χ3n) is 4.98. The highest BCUT2D eigenvalue weighted by Gasteiger charge is 2.35. The van der Waals surface area contributed by atoms with Crippen LogP contribution in [0.3, 0.4) is 0 Å². The van der Waals surface area contributed by atoms with Crippen LogP contribution in [-0.2, 0) is 9.53 Å². The molecule has 4 rings (SSSR count). The van der Waals surface area contributed by atoms with E-state index in [1.165, 1.54) is 0 Å². The quantitative estimate of drug-likeness (QED) is 0.675. The number of allylic oxidation sites excluding steroid dienone is 2. The number of cyclic esters (lactones) is 1. The van der Waals surface area contributed by atoms with E-state index in [2.05, 4.69) is 41.3 Å². The van der Waals surface area contributed by atoms with Gasteiger partial charge in [-0.2, -0.15) is 0 Å².